The van der Waals surface area contributed by atoms with Gasteiger partial charge in [0.1, 0.15) is 0 Å². The van der Waals surface area contributed by atoms with Gasteiger partial charge in [-0.1, -0.05) is 34.6 Å². The molecule has 1 aliphatic rings. The molecule has 112 valence electrons. The standard InChI is InChI=1S/C17H26O2S/c1-9-8-12-14(10(2)13(9)15(18)19)16(4,5)11(3)17(6,7)20-12/h8,11,15,18-19H,1-7H3. The molecule has 0 saturated carbocycles. The molecule has 1 atom stereocenters. The molecular weight excluding hydrogens is 268 g/mol. The minimum atomic E-state index is -1.40. The Morgan fingerprint density at radius 1 is 1.15 bits per heavy atom. The van der Waals surface area contributed by atoms with Crippen LogP contribution >= 0.6 is 11.8 Å². The van der Waals surface area contributed by atoms with Gasteiger partial charge in [0.2, 0.25) is 0 Å². The first-order valence-corrected chi connectivity index (χ1v) is 8.01. The van der Waals surface area contributed by atoms with Gasteiger partial charge in [0.25, 0.3) is 0 Å². The van der Waals surface area contributed by atoms with Gasteiger partial charge in [-0.2, -0.15) is 0 Å². The van der Waals surface area contributed by atoms with Gasteiger partial charge in [0.05, 0.1) is 0 Å². The fourth-order valence-corrected chi connectivity index (χ4v) is 5.49. The smallest absolute Gasteiger partial charge is 0.178 e. The minimum Gasteiger partial charge on any atom is -0.364 e. The van der Waals surface area contributed by atoms with Crippen LogP contribution in [0.15, 0.2) is 11.0 Å². The van der Waals surface area contributed by atoms with Crippen molar-refractivity contribution >= 4 is 11.8 Å². The molecule has 1 heterocycles. The van der Waals surface area contributed by atoms with Crippen molar-refractivity contribution in [2.45, 2.75) is 69.8 Å². The second kappa shape index (κ2) is 4.75. The Kier molecular flexibility index (Phi) is 3.77. The largest absolute Gasteiger partial charge is 0.364 e. The lowest BCUT2D eigenvalue weighted by Crippen LogP contribution is -2.44. The van der Waals surface area contributed by atoms with Gasteiger partial charge in [-0.05, 0) is 47.9 Å². The van der Waals surface area contributed by atoms with E-state index in [1.807, 2.05) is 25.6 Å². The van der Waals surface area contributed by atoms with Crippen molar-refractivity contribution < 1.29 is 10.2 Å². The highest BCUT2D eigenvalue weighted by molar-refractivity contribution is 8.00. The van der Waals surface area contributed by atoms with E-state index in [0.717, 1.165) is 11.1 Å². The van der Waals surface area contributed by atoms with Crippen LogP contribution in [0.5, 0.6) is 0 Å². The highest BCUT2D eigenvalue weighted by Crippen LogP contribution is 2.56. The van der Waals surface area contributed by atoms with Crippen molar-refractivity contribution in [2.75, 3.05) is 0 Å². The predicted octanol–water partition coefficient (Wildman–Crippen LogP) is 4.08. The van der Waals surface area contributed by atoms with Crippen molar-refractivity contribution in [1.29, 1.82) is 0 Å². The van der Waals surface area contributed by atoms with Gasteiger partial charge >= 0.3 is 0 Å². The monoisotopic (exact) mass is 294 g/mol. The van der Waals surface area contributed by atoms with E-state index in [1.54, 1.807) is 0 Å². The van der Waals surface area contributed by atoms with Gasteiger partial charge in [0.15, 0.2) is 6.29 Å². The number of aliphatic hydroxyl groups is 2. The van der Waals surface area contributed by atoms with Gasteiger partial charge in [-0.3, -0.25) is 0 Å². The molecule has 0 aliphatic carbocycles. The van der Waals surface area contributed by atoms with E-state index in [1.165, 1.54) is 10.5 Å². The summed E-state index contributed by atoms with van der Waals surface area (Å²) in [4.78, 5) is 1.29. The zero-order valence-corrected chi connectivity index (χ0v) is 14.4. The number of aryl methyl sites for hydroxylation is 1. The van der Waals surface area contributed by atoms with Crippen LogP contribution in [-0.4, -0.2) is 15.0 Å². The second-order valence-corrected chi connectivity index (χ2v) is 8.82. The Morgan fingerprint density at radius 3 is 2.20 bits per heavy atom. The third kappa shape index (κ3) is 2.20. The molecule has 1 aromatic rings. The topological polar surface area (TPSA) is 40.5 Å². The number of aliphatic hydroxyl groups excluding tert-OH is 1. The molecule has 1 unspecified atom stereocenters. The summed E-state index contributed by atoms with van der Waals surface area (Å²) in [7, 11) is 0. The van der Waals surface area contributed by atoms with E-state index in [4.69, 9.17) is 0 Å². The third-order valence-electron chi connectivity index (χ3n) is 5.20. The Balaban J connectivity index is 2.77. The summed E-state index contributed by atoms with van der Waals surface area (Å²) in [6, 6.07) is 2.12. The lowest BCUT2D eigenvalue weighted by molar-refractivity contribution is -0.0435. The zero-order valence-electron chi connectivity index (χ0n) is 13.5. The number of hydrogen-bond acceptors (Lipinski definition) is 3. The van der Waals surface area contributed by atoms with Crippen LogP contribution in [0.25, 0.3) is 0 Å². The molecule has 0 bridgehead atoms. The maximum atomic E-state index is 9.67. The van der Waals surface area contributed by atoms with Crippen LogP contribution in [0.1, 0.15) is 63.2 Å². The summed E-state index contributed by atoms with van der Waals surface area (Å²) in [6.07, 6.45) is -1.40. The summed E-state index contributed by atoms with van der Waals surface area (Å²) in [5.41, 5.74) is 3.97. The van der Waals surface area contributed by atoms with Crippen molar-refractivity contribution in [3.8, 4) is 0 Å². The molecule has 20 heavy (non-hydrogen) atoms. The van der Waals surface area contributed by atoms with Crippen molar-refractivity contribution in [3.63, 3.8) is 0 Å². The first-order valence-electron chi connectivity index (χ1n) is 7.20. The highest BCUT2D eigenvalue weighted by Gasteiger charge is 2.46. The molecule has 2 nitrogen and oxygen atoms in total. The van der Waals surface area contributed by atoms with Crippen LogP contribution in [0.3, 0.4) is 0 Å². The molecule has 3 heteroatoms. The second-order valence-electron chi connectivity index (χ2n) is 7.13. The van der Waals surface area contributed by atoms with Gasteiger partial charge < -0.3 is 10.2 Å². The SMILES string of the molecule is Cc1cc2c(c(C)c1C(O)O)C(C)(C)C(C)C(C)(C)S2. The third-order valence-corrected chi connectivity index (χ3v) is 6.62. The van der Waals surface area contributed by atoms with E-state index >= 15 is 0 Å². The lowest BCUT2D eigenvalue weighted by Gasteiger charge is -2.49. The first-order chi connectivity index (χ1) is 9.00. The average Bonchev–Trinajstić information content (AvgIpc) is 2.23. The molecule has 1 aliphatic heterocycles. The molecule has 2 rings (SSSR count). The van der Waals surface area contributed by atoms with E-state index in [0.29, 0.717) is 11.5 Å². The molecule has 0 amide bonds. The van der Waals surface area contributed by atoms with Gasteiger partial charge in [0, 0.05) is 15.2 Å². The predicted molar refractivity (Wildman–Crippen MR) is 85.2 cm³/mol. The summed E-state index contributed by atoms with van der Waals surface area (Å²) in [5, 5.41) is 19.3. The average molecular weight is 294 g/mol. The summed E-state index contributed by atoms with van der Waals surface area (Å²) < 4.78 is 0.175. The highest BCUT2D eigenvalue weighted by atomic mass is 32.2. The summed E-state index contributed by atoms with van der Waals surface area (Å²) >= 11 is 1.91. The zero-order chi connectivity index (χ0) is 15.5. The van der Waals surface area contributed by atoms with Gasteiger partial charge in [-0.15, -0.1) is 11.8 Å². The number of rotatable bonds is 1. The Bertz CT molecular complexity index is 544. The molecule has 0 radical (unpaired) electrons. The van der Waals surface area contributed by atoms with E-state index in [-0.39, 0.29) is 10.2 Å². The first kappa shape index (κ1) is 15.9. The number of hydrogen-bond donors (Lipinski definition) is 2. The van der Waals surface area contributed by atoms with Crippen LogP contribution in [0.4, 0.5) is 0 Å². The van der Waals surface area contributed by atoms with Gasteiger partial charge in [-0.25, -0.2) is 0 Å². The van der Waals surface area contributed by atoms with E-state index in [2.05, 4.69) is 40.7 Å². The maximum Gasteiger partial charge on any atom is 0.178 e. The summed E-state index contributed by atoms with van der Waals surface area (Å²) in [6.45, 7) is 15.4. The lowest BCUT2D eigenvalue weighted by atomic mass is 9.67. The molecular formula is C17H26O2S. The Hall–Kier alpha value is -0.510. The minimum absolute atomic E-state index is 0.0194. The Morgan fingerprint density at radius 2 is 1.70 bits per heavy atom. The molecule has 0 spiro atoms. The molecule has 0 fully saturated rings. The number of fused-ring (bicyclic) bond motifs is 1. The quantitative estimate of drug-likeness (QED) is 0.767. The maximum absolute atomic E-state index is 9.67. The molecule has 1 aromatic carbocycles. The number of thioether (sulfide) groups is 1. The molecule has 2 N–H and O–H groups in total. The molecule has 0 saturated heterocycles. The molecule has 0 aromatic heterocycles. The van der Waals surface area contributed by atoms with E-state index < -0.39 is 6.29 Å². The summed E-state index contributed by atoms with van der Waals surface area (Å²) in [5.74, 6) is 0.498. The van der Waals surface area contributed by atoms with Crippen molar-refractivity contribution in [3.05, 3.63) is 28.3 Å². The van der Waals surface area contributed by atoms with Crippen molar-refractivity contribution in [1.82, 2.24) is 0 Å². The van der Waals surface area contributed by atoms with Crippen LogP contribution in [-0.2, 0) is 5.41 Å². The van der Waals surface area contributed by atoms with Crippen LogP contribution in [0.2, 0.25) is 0 Å². The Labute approximate surface area is 126 Å². The van der Waals surface area contributed by atoms with Crippen molar-refractivity contribution in [2.24, 2.45) is 5.92 Å². The van der Waals surface area contributed by atoms with Crippen LogP contribution < -0.4 is 0 Å². The fourth-order valence-electron chi connectivity index (χ4n) is 3.70. The number of benzene rings is 1. The normalized spacial score (nSPS) is 23.8. The van der Waals surface area contributed by atoms with Crippen LogP contribution in [0, 0.1) is 19.8 Å². The fraction of sp³-hybridized carbons (Fsp3) is 0.647. The van der Waals surface area contributed by atoms with E-state index in [9.17, 15) is 10.2 Å².